The molecule has 0 amide bonds. The molecular weight excluding hydrogens is 322 g/mol. The molecule has 1 unspecified atom stereocenters. The molecule has 0 radical (unpaired) electrons. The number of nitrogen functional groups attached to an aromatic ring is 1. The second-order valence-electron chi connectivity index (χ2n) is 6.92. The Hall–Kier alpha value is -3.01. The highest BCUT2D eigenvalue weighted by Crippen LogP contribution is 2.39. The number of aryl methyl sites for hydroxylation is 2. The van der Waals surface area contributed by atoms with Crippen LogP contribution in [0.3, 0.4) is 0 Å². The third-order valence-corrected chi connectivity index (χ3v) is 5.14. The molecule has 0 saturated heterocycles. The summed E-state index contributed by atoms with van der Waals surface area (Å²) in [6, 6.07) is 16.7. The number of ketones is 1. The van der Waals surface area contributed by atoms with Crippen molar-refractivity contribution in [2.45, 2.75) is 32.6 Å². The Morgan fingerprint density at radius 2 is 1.69 bits per heavy atom. The zero-order valence-corrected chi connectivity index (χ0v) is 15.0. The van der Waals surface area contributed by atoms with Crippen molar-refractivity contribution < 1.29 is 4.79 Å². The largest absolute Gasteiger partial charge is 0.368 e. The molecule has 2 N–H and O–H groups in total. The molecule has 0 saturated carbocycles. The van der Waals surface area contributed by atoms with Gasteiger partial charge in [0, 0.05) is 6.42 Å². The van der Waals surface area contributed by atoms with Crippen molar-refractivity contribution in [3.8, 4) is 11.1 Å². The lowest BCUT2D eigenvalue weighted by atomic mass is 9.78. The molecular formula is C22H21N3O. The third kappa shape index (κ3) is 2.77. The highest BCUT2D eigenvalue weighted by molar-refractivity contribution is 6.00. The molecule has 0 fully saturated rings. The monoisotopic (exact) mass is 343 g/mol. The van der Waals surface area contributed by atoms with Gasteiger partial charge in [0.25, 0.3) is 0 Å². The molecule has 1 aliphatic carbocycles. The first-order chi connectivity index (χ1) is 12.5. The van der Waals surface area contributed by atoms with E-state index in [1.807, 2.05) is 25.1 Å². The summed E-state index contributed by atoms with van der Waals surface area (Å²) >= 11 is 0. The van der Waals surface area contributed by atoms with Crippen molar-refractivity contribution in [2.24, 2.45) is 0 Å². The molecule has 4 nitrogen and oxygen atoms in total. The molecule has 0 aliphatic heterocycles. The van der Waals surface area contributed by atoms with Crippen LogP contribution in [0.25, 0.3) is 11.1 Å². The van der Waals surface area contributed by atoms with Crippen molar-refractivity contribution in [1.82, 2.24) is 9.97 Å². The van der Waals surface area contributed by atoms with Gasteiger partial charge in [-0.3, -0.25) is 4.79 Å². The van der Waals surface area contributed by atoms with E-state index in [2.05, 4.69) is 47.2 Å². The standard InChI is InChI=1S/C22H21N3O/c1-13-7-6-10-17(20(13)15-8-4-3-5-9-15)16-11-18-21(19(26)12-16)14(2)24-22(23)25-18/h3-10,16H,11-12H2,1-2H3,(H2,23,24,25). The van der Waals surface area contributed by atoms with Crippen LogP contribution in [0, 0.1) is 13.8 Å². The first-order valence-electron chi connectivity index (χ1n) is 8.85. The molecule has 1 aromatic heterocycles. The van der Waals surface area contributed by atoms with Crippen LogP contribution in [0.15, 0.2) is 48.5 Å². The molecule has 4 heteroatoms. The molecule has 1 aliphatic rings. The molecule has 26 heavy (non-hydrogen) atoms. The number of nitrogens with zero attached hydrogens (tertiary/aromatic N) is 2. The van der Waals surface area contributed by atoms with Gasteiger partial charge in [-0.1, -0.05) is 48.5 Å². The number of carbonyl (C=O) groups excluding carboxylic acids is 1. The molecule has 1 atom stereocenters. The van der Waals surface area contributed by atoms with E-state index in [0.29, 0.717) is 24.1 Å². The Kier molecular flexibility index (Phi) is 4.03. The predicted molar refractivity (Wildman–Crippen MR) is 103 cm³/mol. The summed E-state index contributed by atoms with van der Waals surface area (Å²) in [4.78, 5) is 21.3. The second-order valence-corrected chi connectivity index (χ2v) is 6.92. The Morgan fingerprint density at radius 3 is 2.46 bits per heavy atom. The number of nitrogens with two attached hydrogens (primary N) is 1. The van der Waals surface area contributed by atoms with Gasteiger partial charge < -0.3 is 5.73 Å². The quantitative estimate of drug-likeness (QED) is 0.755. The van der Waals surface area contributed by atoms with Crippen LogP contribution in [-0.4, -0.2) is 15.8 Å². The van der Waals surface area contributed by atoms with Crippen LogP contribution >= 0.6 is 0 Å². The van der Waals surface area contributed by atoms with E-state index in [0.717, 1.165) is 5.69 Å². The predicted octanol–water partition coefficient (Wildman–Crippen LogP) is 4.26. The number of hydrogen-bond acceptors (Lipinski definition) is 4. The highest BCUT2D eigenvalue weighted by atomic mass is 16.1. The van der Waals surface area contributed by atoms with Gasteiger partial charge in [0.15, 0.2) is 5.78 Å². The van der Waals surface area contributed by atoms with Crippen molar-refractivity contribution >= 4 is 11.7 Å². The first-order valence-corrected chi connectivity index (χ1v) is 8.85. The van der Waals surface area contributed by atoms with Crippen molar-refractivity contribution in [1.29, 1.82) is 0 Å². The smallest absolute Gasteiger partial charge is 0.220 e. The minimum Gasteiger partial charge on any atom is -0.368 e. The van der Waals surface area contributed by atoms with Crippen LogP contribution in [0.2, 0.25) is 0 Å². The SMILES string of the molecule is Cc1cccc(C2CC(=O)c3c(C)nc(N)nc3C2)c1-c1ccccc1. The fourth-order valence-corrected chi connectivity index (χ4v) is 4.05. The fraction of sp³-hybridized carbons (Fsp3) is 0.227. The lowest BCUT2D eigenvalue weighted by molar-refractivity contribution is 0.0962. The minimum absolute atomic E-state index is 0.0961. The van der Waals surface area contributed by atoms with Crippen molar-refractivity contribution in [3.05, 3.63) is 76.6 Å². The lowest BCUT2D eigenvalue weighted by Crippen LogP contribution is -2.23. The first kappa shape index (κ1) is 16.5. The fourth-order valence-electron chi connectivity index (χ4n) is 4.05. The highest BCUT2D eigenvalue weighted by Gasteiger charge is 2.31. The van der Waals surface area contributed by atoms with Crippen LogP contribution in [0.5, 0.6) is 0 Å². The summed E-state index contributed by atoms with van der Waals surface area (Å²) in [6.45, 7) is 3.95. The number of hydrogen-bond donors (Lipinski definition) is 1. The number of aromatic nitrogens is 2. The molecule has 130 valence electrons. The number of benzene rings is 2. The maximum Gasteiger partial charge on any atom is 0.220 e. The van der Waals surface area contributed by atoms with Crippen LogP contribution in [-0.2, 0) is 6.42 Å². The molecule has 2 aromatic carbocycles. The number of Topliss-reactive ketones (excluding diaryl/α,β-unsaturated/α-hetero) is 1. The van der Waals surface area contributed by atoms with E-state index in [1.54, 1.807) is 0 Å². The van der Waals surface area contributed by atoms with Gasteiger partial charge in [0.2, 0.25) is 5.95 Å². The second kappa shape index (κ2) is 6.37. The number of carbonyl (C=O) groups is 1. The summed E-state index contributed by atoms with van der Waals surface area (Å²) in [5.41, 5.74) is 12.7. The Labute approximate surface area is 153 Å². The Bertz CT molecular complexity index is 996. The van der Waals surface area contributed by atoms with Gasteiger partial charge in [0.1, 0.15) is 0 Å². The zero-order valence-electron chi connectivity index (χ0n) is 15.0. The van der Waals surface area contributed by atoms with Gasteiger partial charge in [-0.2, -0.15) is 0 Å². The lowest BCUT2D eigenvalue weighted by Gasteiger charge is -2.27. The van der Waals surface area contributed by atoms with E-state index in [-0.39, 0.29) is 17.6 Å². The van der Waals surface area contributed by atoms with Crippen LogP contribution < -0.4 is 5.73 Å². The average Bonchev–Trinajstić information content (AvgIpc) is 2.61. The van der Waals surface area contributed by atoms with Crippen LogP contribution in [0.1, 0.15) is 45.2 Å². The summed E-state index contributed by atoms with van der Waals surface area (Å²) < 4.78 is 0. The Balaban J connectivity index is 1.83. The number of rotatable bonds is 2. The van der Waals surface area contributed by atoms with Crippen molar-refractivity contribution in [3.63, 3.8) is 0 Å². The van der Waals surface area contributed by atoms with E-state index < -0.39 is 0 Å². The van der Waals surface area contributed by atoms with Gasteiger partial charge in [-0.25, -0.2) is 9.97 Å². The molecule has 3 aromatic rings. The van der Waals surface area contributed by atoms with E-state index in [9.17, 15) is 4.79 Å². The van der Waals surface area contributed by atoms with E-state index in [4.69, 9.17) is 5.73 Å². The number of anilines is 1. The average molecular weight is 343 g/mol. The normalized spacial score (nSPS) is 16.4. The molecule has 0 bridgehead atoms. The van der Waals surface area contributed by atoms with Crippen molar-refractivity contribution in [2.75, 3.05) is 5.73 Å². The third-order valence-electron chi connectivity index (χ3n) is 5.14. The summed E-state index contributed by atoms with van der Waals surface area (Å²) in [5.74, 6) is 0.440. The molecule has 4 rings (SSSR count). The molecule has 0 spiro atoms. The molecule has 1 heterocycles. The van der Waals surface area contributed by atoms with Crippen LogP contribution in [0.4, 0.5) is 5.95 Å². The van der Waals surface area contributed by atoms with Gasteiger partial charge in [0.05, 0.1) is 17.0 Å². The Morgan fingerprint density at radius 1 is 0.923 bits per heavy atom. The van der Waals surface area contributed by atoms with E-state index >= 15 is 0 Å². The number of fused-ring (bicyclic) bond motifs is 1. The topological polar surface area (TPSA) is 68.9 Å². The van der Waals surface area contributed by atoms with Gasteiger partial charge in [-0.15, -0.1) is 0 Å². The summed E-state index contributed by atoms with van der Waals surface area (Å²) in [5, 5.41) is 0. The summed E-state index contributed by atoms with van der Waals surface area (Å²) in [7, 11) is 0. The minimum atomic E-state index is 0.0961. The zero-order chi connectivity index (χ0) is 18.3. The van der Waals surface area contributed by atoms with Gasteiger partial charge in [-0.05, 0) is 48.4 Å². The summed E-state index contributed by atoms with van der Waals surface area (Å²) in [6.07, 6.45) is 1.18. The maximum atomic E-state index is 12.8. The maximum absolute atomic E-state index is 12.8. The van der Waals surface area contributed by atoms with Gasteiger partial charge >= 0.3 is 0 Å². The van der Waals surface area contributed by atoms with E-state index in [1.165, 1.54) is 22.3 Å².